The monoisotopic (exact) mass is 475 g/mol. The molecule has 2 N–H and O–H groups in total. The first kappa shape index (κ1) is 23.1. The fourth-order valence-corrected chi connectivity index (χ4v) is 4.61. The summed E-state index contributed by atoms with van der Waals surface area (Å²) >= 11 is 0. The van der Waals surface area contributed by atoms with Crippen molar-refractivity contribution in [1.29, 1.82) is 0 Å². The van der Waals surface area contributed by atoms with Gasteiger partial charge in [0, 0.05) is 37.3 Å². The van der Waals surface area contributed by atoms with Gasteiger partial charge in [-0.25, -0.2) is 14.8 Å². The Morgan fingerprint density at radius 1 is 1.14 bits per heavy atom. The zero-order chi connectivity index (χ0) is 24.2. The Labute approximate surface area is 204 Å². The number of hydrogen-bond donors (Lipinski definition) is 2. The lowest BCUT2D eigenvalue weighted by atomic mass is 9.93. The molecule has 10 nitrogen and oxygen atoms in total. The van der Waals surface area contributed by atoms with E-state index >= 15 is 0 Å². The second-order valence-corrected chi connectivity index (χ2v) is 8.75. The Morgan fingerprint density at radius 2 is 1.89 bits per heavy atom. The third kappa shape index (κ3) is 4.92. The van der Waals surface area contributed by atoms with Crippen LogP contribution in [0.5, 0.6) is 0 Å². The van der Waals surface area contributed by atoms with E-state index in [1.165, 1.54) is 0 Å². The van der Waals surface area contributed by atoms with Crippen molar-refractivity contribution >= 4 is 28.6 Å². The number of carbonyl (C=O) groups is 1. The molecule has 4 heterocycles. The Bertz CT molecular complexity index is 1220. The van der Waals surface area contributed by atoms with Crippen LogP contribution in [0.3, 0.4) is 0 Å². The van der Waals surface area contributed by atoms with Crippen molar-refractivity contribution in [2.45, 2.75) is 18.8 Å². The highest BCUT2D eigenvalue weighted by atomic mass is 16.5. The first-order chi connectivity index (χ1) is 17.2. The van der Waals surface area contributed by atoms with E-state index in [0.29, 0.717) is 36.9 Å². The average molecular weight is 476 g/mol. The van der Waals surface area contributed by atoms with Gasteiger partial charge in [-0.1, -0.05) is 11.1 Å². The number of fused-ring (bicyclic) bond motifs is 1. The molecule has 3 aromatic rings. The summed E-state index contributed by atoms with van der Waals surface area (Å²) in [6.07, 6.45) is 7.40. The predicted molar refractivity (Wildman–Crippen MR) is 133 cm³/mol. The molecule has 0 bridgehead atoms. The summed E-state index contributed by atoms with van der Waals surface area (Å²) in [5.41, 5.74) is 3.80. The van der Waals surface area contributed by atoms with Crippen LogP contribution < -0.4 is 15.5 Å². The number of terminal acetylenes is 1. The van der Waals surface area contributed by atoms with Crippen molar-refractivity contribution in [3.8, 4) is 23.7 Å². The highest BCUT2D eigenvalue weighted by Crippen LogP contribution is 2.36. The molecule has 2 fully saturated rings. The minimum Gasteiger partial charge on any atom is -0.378 e. The van der Waals surface area contributed by atoms with Crippen LogP contribution in [0.25, 0.3) is 22.5 Å². The van der Waals surface area contributed by atoms with E-state index in [-0.39, 0.29) is 11.9 Å². The van der Waals surface area contributed by atoms with E-state index in [0.717, 1.165) is 61.6 Å². The average Bonchev–Trinajstić information content (AvgIpc) is 3.34. The lowest BCUT2D eigenvalue weighted by molar-refractivity contribution is 0.122. The fraction of sp³-hybridized carbons (Fsp3) is 0.440. The molecule has 2 aliphatic heterocycles. The van der Waals surface area contributed by atoms with Gasteiger partial charge in [0.05, 0.1) is 19.8 Å². The normalized spacial score (nSPS) is 17.3. The molecule has 0 unspecified atom stereocenters. The third-order valence-corrected chi connectivity index (χ3v) is 6.55. The molecule has 182 valence electrons. The van der Waals surface area contributed by atoms with Crippen molar-refractivity contribution < 1.29 is 14.1 Å². The summed E-state index contributed by atoms with van der Waals surface area (Å²) in [5.74, 6) is 4.32. The maximum atomic E-state index is 11.6. The number of nitrogens with one attached hydrogen (secondary N) is 2. The number of carbonyl (C=O) groups excluding carboxylic acids is 1. The molecule has 2 saturated heterocycles. The Hall–Kier alpha value is -3.68. The maximum Gasteiger partial charge on any atom is 0.318 e. The third-order valence-electron chi connectivity index (χ3n) is 6.55. The van der Waals surface area contributed by atoms with Gasteiger partial charge < -0.3 is 24.8 Å². The van der Waals surface area contributed by atoms with Crippen LogP contribution in [0.4, 0.5) is 16.3 Å². The number of aromatic nitrogens is 3. The van der Waals surface area contributed by atoms with E-state index in [1.54, 1.807) is 7.05 Å². The molecule has 5 rings (SSSR count). The number of ether oxygens (including phenoxy) is 1. The fourth-order valence-electron chi connectivity index (χ4n) is 4.61. The van der Waals surface area contributed by atoms with Crippen LogP contribution in [0, 0.1) is 12.3 Å². The number of piperidine rings is 1. The molecule has 2 amide bonds. The number of amides is 2. The minimum atomic E-state index is -0.271. The lowest BCUT2D eigenvalue weighted by Gasteiger charge is -2.29. The number of urea groups is 1. The standard InChI is InChI=1S/C25H29N7O3/c1-3-10-31-11-8-17(9-12-31)20-21-22(35-30-20)24(32-13-15-34-16-14-32)29-23(28-21)18-4-6-19(7-5-18)27-25(33)26-2/h1,4-7,17H,8-16H2,2H3,(H2,26,27,33). The van der Waals surface area contributed by atoms with Gasteiger partial charge in [0.15, 0.2) is 11.6 Å². The molecule has 1 aromatic carbocycles. The summed E-state index contributed by atoms with van der Waals surface area (Å²) < 4.78 is 11.4. The quantitative estimate of drug-likeness (QED) is 0.543. The van der Waals surface area contributed by atoms with Crippen LogP contribution in [0.1, 0.15) is 24.5 Å². The number of morpholine rings is 1. The van der Waals surface area contributed by atoms with Gasteiger partial charge in [-0.05, 0) is 50.2 Å². The van der Waals surface area contributed by atoms with Gasteiger partial charge in [0.2, 0.25) is 5.58 Å². The van der Waals surface area contributed by atoms with Crippen molar-refractivity contribution in [3.05, 3.63) is 30.0 Å². The molecular formula is C25H29N7O3. The molecular weight excluding hydrogens is 446 g/mol. The van der Waals surface area contributed by atoms with Gasteiger partial charge in [-0.3, -0.25) is 4.90 Å². The highest BCUT2D eigenvalue weighted by Gasteiger charge is 2.29. The molecule has 2 aromatic heterocycles. The minimum absolute atomic E-state index is 0.254. The molecule has 0 aliphatic carbocycles. The summed E-state index contributed by atoms with van der Waals surface area (Å²) in [5, 5.41) is 9.80. The summed E-state index contributed by atoms with van der Waals surface area (Å²) in [7, 11) is 1.58. The lowest BCUT2D eigenvalue weighted by Crippen LogP contribution is -2.37. The molecule has 35 heavy (non-hydrogen) atoms. The first-order valence-corrected chi connectivity index (χ1v) is 11.9. The van der Waals surface area contributed by atoms with Gasteiger partial charge in [-0.15, -0.1) is 6.42 Å². The summed E-state index contributed by atoms with van der Waals surface area (Å²) in [6, 6.07) is 7.21. The van der Waals surface area contributed by atoms with Crippen molar-refractivity contribution in [2.24, 2.45) is 0 Å². The Balaban J connectivity index is 1.51. The zero-order valence-electron chi connectivity index (χ0n) is 19.8. The van der Waals surface area contributed by atoms with E-state index in [4.69, 9.17) is 25.7 Å². The first-order valence-electron chi connectivity index (χ1n) is 11.9. The van der Waals surface area contributed by atoms with E-state index in [1.807, 2.05) is 24.3 Å². The van der Waals surface area contributed by atoms with Crippen LogP contribution in [0.15, 0.2) is 28.8 Å². The van der Waals surface area contributed by atoms with Crippen molar-refractivity contribution in [3.63, 3.8) is 0 Å². The van der Waals surface area contributed by atoms with Crippen LogP contribution in [0.2, 0.25) is 0 Å². The number of likely N-dealkylation sites (tertiary alicyclic amines) is 1. The van der Waals surface area contributed by atoms with Crippen LogP contribution >= 0.6 is 0 Å². The molecule has 0 spiro atoms. The van der Waals surface area contributed by atoms with Gasteiger partial charge >= 0.3 is 6.03 Å². The molecule has 0 atom stereocenters. The van der Waals surface area contributed by atoms with Crippen molar-refractivity contribution in [2.75, 3.05) is 63.2 Å². The SMILES string of the molecule is C#CCN1CCC(c2noc3c(N4CCOCC4)nc(-c4ccc(NC(=O)NC)cc4)nc23)CC1. The van der Waals surface area contributed by atoms with E-state index in [2.05, 4.69) is 31.5 Å². The predicted octanol–water partition coefficient (Wildman–Crippen LogP) is 2.69. The van der Waals surface area contributed by atoms with Crippen molar-refractivity contribution in [1.82, 2.24) is 25.3 Å². The number of nitrogens with zero attached hydrogens (tertiary/aromatic N) is 5. The second-order valence-electron chi connectivity index (χ2n) is 8.75. The molecule has 10 heteroatoms. The zero-order valence-corrected chi connectivity index (χ0v) is 19.8. The van der Waals surface area contributed by atoms with Crippen LogP contribution in [-0.2, 0) is 4.74 Å². The largest absolute Gasteiger partial charge is 0.378 e. The van der Waals surface area contributed by atoms with Crippen LogP contribution in [-0.4, -0.2) is 79.0 Å². The smallest absolute Gasteiger partial charge is 0.318 e. The van der Waals surface area contributed by atoms with E-state index in [9.17, 15) is 4.79 Å². The topological polar surface area (TPSA) is 109 Å². The number of benzene rings is 1. The number of hydrogen-bond acceptors (Lipinski definition) is 8. The highest BCUT2D eigenvalue weighted by molar-refractivity contribution is 5.90. The van der Waals surface area contributed by atoms with Gasteiger partial charge in [0.25, 0.3) is 0 Å². The maximum absolute atomic E-state index is 11.6. The van der Waals surface area contributed by atoms with Gasteiger partial charge in [0.1, 0.15) is 11.2 Å². The number of rotatable bonds is 5. The summed E-state index contributed by atoms with van der Waals surface area (Å²) in [6.45, 7) is 5.24. The Kier molecular flexibility index (Phi) is 6.79. The molecule has 0 saturated carbocycles. The molecule has 0 radical (unpaired) electrons. The second kappa shape index (κ2) is 10.3. The van der Waals surface area contributed by atoms with Gasteiger partial charge in [-0.2, -0.15) is 0 Å². The number of anilines is 2. The summed E-state index contributed by atoms with van der Waals surface area (Å²) in [4.78, 5) is 25.9. The Morgan fingerprint density at radius 3 is 2.57 bits per heavy atom. The van der Waals surface area contributed by atoms with E-state index < -0.39 is 0 Å². The molecule has 2 aliphatic rings.